The standard InChI is InChI=1S/C17H22N2O3/c1-16(2,3)22-15(21)19-8-5-17(6-9-19)10-12-4-7-18-11-13(12)14(17)20/h4,7,11H,5-6,8-10H2,1-3H3. The molecule has 1 aromatic heterocycles. The van der Waals surface area contributed by atoms with E-state index in [9.17, 15) is 9.59 Å². The van der Waals surface area contributed by atoms with Crippen LogP contribution in [-0.2, 0) is 11.2 Å². The summed E-state index contributed by atoms with van der Waals surface area (Å²) < 4.78 is 5.41. The molecular formula is C17H22N2O3. The van der Waals surface area contributed by atoms with Crippen molar-refractivity contribution in [1.82, 2.24) is 9.88 Å². The second kappa shape index (κ2) is 5.07. The number of pyridine rings is 1. The zero-order valence-electron chi connectivity index (χ0n) is 13.4. The van der Waals surface area contributed by atoms with E-state index in [1.165, 1.54) is 0 Å². The Morgan fingerprint density at radius 3 is 2.59 bits per heavy atom. The van der Waals surface area contributed by atoms with Gasteiger partial charge in [-0.05, 0) is 51.7 Å². The Bertz CT molecular complexity index is 611. The zero-order chi connectivity index (χ0) is 16.0. The Morgan fingerprint density at radius 1 is 1.32 bits per heavy atom. The Labute approximate surface area is 130 Å². The normalized spacial score (nSPS) is 20.1. The van der Waals surface area contributed by atoms with Crippen molar-refractivity contribution in [1.29, 1.82) is 0 Å². The van der Waals surface area contributed by atoms with Crippen molar-refractivity contribution in [2.75, 3.05) is 13.1 Å². The molecule has 1 aliphatic carbocycles. The lowest BCUT2D eigenvalue weighted by Crippen LogP contribution is -2.47. The van der Waals surface area contributed by atoms with Crippen molar-refractivity contribution in [3.8, 4) is 0 Å². The van der Waals surface area contributed by atoms with Gasteiger partial charge in [0.15, 0.2) is 5.78 Å². The Balaban J connectivity index is 1.68. The first-order valence-corrected chi connectivity index (χ1v) is 7.76. The number of nitrogens with zero attached hydrogens (tertiary/aromatic N) is 2. The quantitative estimate of drug-likeness (QED) is 0.739. The smallest absolute Gasteiger partial charge is 0.410 e. The van der Waals surface area contributed by atoms with E-state index in [1.54, 1.807) is 17.3 Å². The number of ether oxygens (including phenoxy) is 1. The predicted molar refractivity (Wildman–Crippen MR) is 81.7 cm³/mol. The number of piperidine rings is 1. The van der Waals surface area contributed by atoms with Gasteiger partial charge in [-0.3, -0.25) is 9.78 Å². The summed E-state index contributed by atoms with van der Waals surface area (Å²) in [5, 5.41) is 0. The average Bonchev–Trinajstić information content (AvgIpc) is 2.71. The third-order valence-corrected chi connectivity index (χ3v) is 4.54. The molecule has 5 heteroatoms. The molecule has 118 valence electrons. The van der Waals surface area contributed by atoms with Crippen LogP contribution in [0, 0.1) is 5.41 Å². The van der Waals surface area contributed by atoms with E-state index in [0.29, 0.717) is 25.9 Å². The number of hydrogen-bond donors (Lipinski definition) is 0. The molecule has 1 aliphatic heterocycles. The fourth-order valence-corrected chi connectivity index (χ4v) is 3.36. The second-order valence-corrected chi connectivity index (χ2v) is 7.29. The summed E-state index contributed by atoms with van der Waals surface area (Å²) in [5.41, 5.74) is 1.01. The molecule has 0 radical (unpaired) electrons. The van der Waals surface area contributed by atoms with Gasteiger partial charge in [-0.15, -0.1) is 0 Å². The van der Waals surface area contributed by atoms with Gasteiger partial charge in [0.05, 0.1) is 0 Å². The van der Waals surface area contributed by atoms with Crippen LogP contribution in [-0.4, -0.2) is 40.5 Å². The number of hydrogen-bond acceptors (Lipinski definition) is 4. The van der Waals surface area contributed by atoms with Gasteiger partial charge in [-0.25, -0.2) is 4.79 Å². The number of likely N-dealkylation sites (tertiary alicyclic amines) is 1. The maximum atomic E-state index is 12.7. The minimum Gasteiger partial charge on any atom is -0.444 e. The molecule has 1 fully saturated rings. The molecule has 1 aromatic rings. The molecule has 22 heavy (non-hydrogen) atoms. The van der Waals surface area contributed by atoms with Crippen LogP contribution in [0.5, 0.6) is 0 Å². The van der Waals surface area contributed by atoms with Gasteiger partial charge >= 0.3 is 6.09 Å². The first-order valence-electron chi connectivity index (χ1n) is 7.76. The van der Waals surface area contributed by atoms with Crippen LogP contribution in [0.3, 0.4) is 0 Å². The second-order valence-electron chi connectivity index (χ2n) is 7.29. The van der Waals surface area contributed by atoms with Gasteiger partial charge < -0.3 is 9.64 Å². The maximum absolute atomic E-state index is 12.7. The first kappa shape index (κ1) is 15.0. The Hall–Kier alpha value is -1.91. The van der Waals surface area contributed by atoms with E-state index in [2.05, 4.69) is 4.98 Å². The van der Waals surface area contributed by atoms with Crippen molar-refractivity contribution < 1.29 is 14.3 Å². The molecule has 2 aliphatic rings. The van der Waals surface area contributed by atoms with Gasteiger partial charge in [0.2, 0.25) is 0 Å². The largest absolute Gasteiger partial charge is 0.444 e. The number of amides is 1. The van der Waals surface area contributed by atoms with Gasteiger partial charge in [0.1, 0.15) is 5.60 Å². The number of carbonyl (C=O) groups is 2. The Morgan fingerprint density at radius 2 is 2.00 bits per heavy atom. The van der Waals surface area contributed by atoms with Crippen LogP contribution in [0.2, 0.25) is 0 Å². The molecule has 5 nitrogen and oxygen atoms in total. The molecule has 1 amide bonds. The summed E-state index contributed by atoms with van der Waals surface area (Å²) in [6.07, 6.45) is 5.28. The van der Waals surface area contributed by atoms with E-state index >= 15 is 0 Å². The lowest BCUT2D eigenvalue weighted by Gasteiger charge is -2.38. The lowest BCUT2D eigenvalue weighted by atomic mass is 9.75. The highest BCUT2D eigenvalue weighted by molar-refractivity contribution is 6.04. The van der Waals surface area contributed by atoms with Crippen LogP contribution < -0.4 is 0 Å². The van der Waals surface area contributed by atoms with Gasteiger partial charge in [-0.2, -0.15) is 0 Å². The number of carbonyl (C=O) groups excluding carboxylic acids is 2. The fourth-order valence-electron chi connectivity index (χ4n) is 3.36. The monoisotopic (exact) mass is 302 g/mol. The summed E-state index contributed by atoms with van der Waals surface area (Å²) in [6.45, 7) is 6.73. The van der Waals surface area contributed by atoms with Crippen molar-refractivity contribution >= 4 is 11.9 Å². The molecule has 1 saturated heterocycles. The molecule has 3 rings (SSSR count). The van der Waals surface area contributed by atoms with Gasteiger partial charge in [0.25, 0.3) is 0 Å². The Kier molecular flexibility index (Phi) is 3.46. The highest BCUT2D eigenvalue weighted by Gasteiger charge is 2.47. The summed E-state index contributed by atoms with van der Waals surface area (Å²) >= 11 is 0. The highest BCUT2D eigenvalue weighted by atomic mass is 16.6. The molecule has 0 unspecified atom stereocenters. The molecular weight excluding hydrogens is 280 g/mol. The van der Waals surface area contributed by atoms with Crippen LogP contribution in [0.15, 0.2) is 18.5 Å². The number of rotatable bonds is 0. The van der Waals surface area contributed by atoms with E-state index in [-0.39, 0.29) is 17.3 Å². The van der Waals surface area contributed by atoms with Crippen LogP contribution >= 0.6 is 0 Å². The minimum atomic E-state index is -0.489. The van der Waals surface area contributed by atoms with Crippen LogP contribution in [0.1, 0.15) is 49.5 Å². The summed E-state index contributed by atoms with van der Waals surface area (Å²) in [5.74, 6) is 0.194. The zero-order valence-corrected chi connectivity index (χ0v) is 13.4. The summed E-state index contributed by atoms with van der Waals surface area (Å²) in [4.78, 5) is 30.6. The van der Waals surface area contributed by atoms with Crippen molar-refractivity contribution in [2.45, 2.75) is 45.6 Å². The van der Waals surface area contributed by atoms with Crippen molar-refractivity contribution in [3.05, 3.63) is 29.6 Å². The van der Waals surface area contributed by atoms with Gasteiger partial charge in [-0.1, -0.05) is 0 Å². The van der Waals surface area contributed by atoms with E-state index in [1.807, 2.05) is 26.8 Å². The number of ketones is 1. The topological polar surface area (TPSA) is 59.5 Å². The van der Waals surface area contributed by atoms with E-state index in [0.717, 1.165) is 17.5 Å². The van der Waals surface area contributed by atoms with E-state index in [4.69, 9.17) is 4.74 Å². The predicted octanol–water partition coefficient (Wildman–Crippen LogP) is 2.84. The highest BCUT2D eigenvalue weighted by Crippen LogP contribution is 2.44. The van der Waals surface area contributed by atoms with Crippen LogP contribution in [0.4, 0.5) is 4.79 Å². The molecule has 0 N–H and O–H groups in total. The fraction of sp³-hybridized carbons (Fsp3) is 0.588. The van der Waals surface area contributed by atoms with Crippen molar-refractivity contribution in [2.24, 2.45) is 5.41 Å². The van der Waals surface area contributed by atoms with Crippen LogP contribution in [0.25, 0.3) is 0 Å². The van der Waals surface area contributed by atoms with Crippen molar-refractivity contribution in [3.63, 3.8) is 0 Å². The molecule has 2 heterocycles. The van der Waals surface area contributed by atoms with Gasteiger partial charge in [0, 0.05) is 36.5 Å². The third-order valence-electron chi connectivity index (χ3n) is 4.54. The van der Waals surface area contributed by atoms with E-state index < -0.39 is 5.60 Å². The molecule has 0 aromatic carbocycles. The SMILES string of the molecule is CC(C)(C)OC(=O)N1CCC2(CC1)Cc1ccncc1C2=O. The summed E-state index contributed by atoms with van der Waals surface area (Å²) in [6, 6.07) is 1.93. The lowest BCUT2D eigenvalue weighted by molar-refractivity contribution is 0.0114. The minimum absolute atomic E-state index is 0.194. The maximum Gasteiger partial charge on any atom is 0.410 e. The first-order chi connectivity index (χ1) is 10.3. The molecule has 1 spiro atoms. The number of fused-ring (bicyclic) bond motifs is 1. The average molecular weight is 302 g/mol. The molecule has 0 bridgehead atoms. The molecule has 0 atom stereocenters. The number of Topliss-reactive ketones (excluding diaryl/α,β-unsaturated/α-hetero) is 1. The summed E-state index contributed by atoms with van der Waals surface area (Å²) in [7, 11) is 0. The molecule has 0 saturated carbocycles. The number of aromatic nitrogens is 1. The third kappa shape index (κ3) is 2.60.